The second-order valence-electron chi connectivity index (χ2n) is 5.55. The van der Waals surface area contributed by atoms with Gasteiger partial charge < -0.3 is 10.2 Å². The van der Waals surface area contributed by atoms with E-state index < -0.39 is 0 Å². The fourth-order valence-electron chi connectivity index (χ4n) is 2.64. The van der Waals surface area contributed by atoms with Crippen LogP contribution in [0.25, 0.3) is 0 Å². The number of likely N-dealkylation sites (tertiary alicyclic amines) is 1. The lowest BCUT2D eigenvalue weighted by atomic mass is 10.2. The van der Waals surface area contributed by atoms with E-state index in [-0.39, 0.29) is 24.0 Å². The Morgan fingerprint density at radius 2 is 2.13 bits per heavy atom. The van der Waals surface area contributed by atoms with Crippen molar-refractivity contribution in [3.05, 3.63) is 30.3 Å². The summed E-state index contributed by atoms with van der Waals surface area (Å²) in [5.74, 6) is 4.24. The van der Waals surface area contributed by atoms with Gasteiger partial charge in [-0.25, -0.2) is 0 Å². The molecule has 1 saturated heterocycles. The van der Waals surface area contributed by atoms with Gasteiger partial charge in [-0.3, -0.25) is 4.99 Å². The van der Waals surface area contributed by atoms with Crippen LogP contribution in [0.3, 0.4) is 0 Å². The van der Waals surface area contributed by atoms with Gasteiger partial charge in [0.1, 0.15) is 0 Å². The maximum absolute atomic E-state index is 4.44. The maximum Gasteiger partial charge on any atom is 0.193 e. The number of benzene rings is 1. The van der Waals surface area contributed by atoms with Crippen LogP contribution < -0.4 is 5.32 Å². The summed E-state index contributed by atoms with van der Waals surface area (Å²) in [7, 11) is 1.89. The fourth-order valence-corrected chi connectivity index (χ4v) is 4.12. The number of nitrogens with one attached hydrogen (secondary N) is 1. The number of rotatable bonds is 7. The molecule has 0 spiro atoms. The highest BCUT2D eigenvalue weighted by atomic mass is 127. The van der Waals surface area contributed by atoms with Gasteiger partial charge in [-0.1, -0.05) is 18.2 Å². The third-order valence-electron chi connectivity index (χ3n) is 3.83. The zero-order valence-electron chi connectivity index (χ0n) is 14.0. The van der Waals surface area contributed by atoms with E-state index in [4.69, 9.17) is 0 Å². The molecular weight excluding hydrogens is 437 g/mol. The highest BCUT2D eigenvalue weighted by Crippen LogP contribution is 2.25. The Balaban J connectivity index is 0.00000264. The summed E-state index contributed by atoms with van der Waals surface area (Å²) >= 11 is 3.88. The fraction of sp³-hybridized carbons (Fsp3) is 0.588. The van der Waals surface area contributed by atoms with Crippen molar-refractivity contribution in [2.45, 2.75) is 17.7 Å². The van der Waals surface area contributed by atoms with E-state index in [1.54, 1.807) is 0 Å². The van der Waals surface area contributed by atoms with Gasteiger partial charge in [0.2, 0.25) is 0 Å². The molecule has 0 saturated carbocycles. The van der Waals surface area contributed by atoms with Gasteiger partial charge >= 0.3 is 0 Å². The van der Waals surface area contributed by atoms with Gasteiger partial charge in [-0.05, 0) is 42.9 Å². The third-order valence-corrected chi connectivity index (χ3v) is 5.77. The van der Waals surface area contributed by atoms with Gasteiger partial charge in [-0.15, -0.1) is 35.7 Å². The van der Waals surface area contributed by atoms with Crippen LogP contribution in [0.4, 0.5) is 0 Å². The van der Waals surface area contributed by atoms with Crippen LogP contribution in [0, 0.1) is 5.92 Å². The van der Waals surface area contributed by atoms with Crippen molar-refractivity contribution in [2.24, 2.45) is 10.9 Å². The number of halogens is 1. The minimum atomic E-state index is 0. The lowest BCUT2D eigenvalue weighted by Gasteiger charge is -2.21. The Morgan fingerprint density at radius 1 is 1.35 bits per heavy atom. The van der Waals surface area contributed by atoms with Crippen LogP contribution in [0.5, 0.6) is 0 Å². The Bertz CT molecular complexity index is 456. The van der Waals surface area contributed by atoms with Crippen LogP contribution in [0.2, 0.25) is 0 Å². The van der Waals surface area contributed by atoms with Gasteiger partial charge in [0, 0.05) is 37.3 Å². The summed E-state index contributed by atoms with van der Waals surface area (Å²) in [6.07, 6.45) is 4.62. The zero-order valence-corrected chi connectivity index (χ0v) is 18.0. The van der Waals surface area contributed by atoms with Crippen molar-refractivity contribution in [1.82, 2.24) is 10.2 Å². The number of hydrogen-bond donors (Lipinski definition) is 1. The summed E-state index contributed by atoms with van der Waals surface area (Å²) in [4.78, 5) is 8.23. The van der Waals surface area contributed by atoms with Crippen molar-refractivity contribution < 1.29 is 0 Å². The molecule has 1 unspecified atom stereocenters. The summed E-state index contributed by atoms with van der Waals surface area (Å²) in [6, 6.07) is 10.7. The first-order chi connectivity index (χ1) is 10.8. The summed E-state index contributed by atoms with van der Waals surface area (Å²) in [5.41, 5.74) is 0. The lowest BCUT2D eigenvalue weighted by Crippen LogP contribution is -2.40. The summed E-state index contributed by atoms with van der Waals surface area (Å²) < 4.78 is 0. The summed E-state index contributed by atoms with van der Waals surface area (Å²) in [5, 5.41) is 3.50. The molecule has 1 aromatic carbocycles. The SMILES string of the molecule is CN=C(NCCCSC)N1CCC(CSc2ccccc2)C1.I. The van der Waals surface area contributed by atoms with Gasteiger partial charge in [0.05, 0.1) is 0 Å². The molecule has 0 amide bonds. The quantitative estimate of drug-likeness (QED) is 0.216. The van der Waals surface area contributed by atoms with E-state index in [1.165, 1.54) is 29.2 Å². The first kappa shape index (κ1) is 21.0. The van der Waals surface area contributed by atoms with Gasteiger partial charge in [-0.2, -0.15) is 11.8 Å². The van der Waals surface area contributed by atoms with E-state index in [0.717, 1.165) is 31.5 Å². The highest BCUT2D eigenvalue weighted by molar-refractivity contribution is 14.0. The molecule has 130 valence electrons. The van der Waals surface area contributed by atoms with E-state index >= 15 is 0 Å². The number of thioether (sulfide) groups is 2. The highest BCUT2D eigenvalue weighted by Gasteiger charge is 2.24. The molecule has 1 aliphatic rings. The molecular formula is C17H28IN3S2. The van der Waals surface area contributed by atoms with Crippen LogP contribution in [0.1, 0.15) is 12.8 Å². The van der Waals surface area contributed by atoms with Crippen molar-refractivity contribution in [1.29, 1.82) is 0 Å². The molecule has 1 N–H and O–H groups in total. The normalized spacial score (nSPS) is 17.9. The Labute approximate surface area is 166 Å². The standard InChI is InChI=1S/C17H27N3S2.HI/c1-18-17(19-10-6-12-21-2)20-11-9-15(13-20)14-22-16-7-4-3-5-8-16;/h3-5,7-8,15H,6,9-14H2,1-2H3,(H,18,19);1H. The molecule has 3 nitrogen and oxygen atoms in total. The molecule has 23 heavy (non-hydrogen) atoms. The molecule has 1 heterocycles. The maximum atomic E-state index is 4.44. The lowest BCUT2D eigenvalue weighted by molar-refractivity contribution is 0.474. The van der Waals surface area contributed by atoms with E-state index in [0.29, 0.717) is 0 Å². The van der Waals surface area contributed by atoms with Crippen molar-refractivity contribution in [3.63, 3.8) is 0 Å². The van der Waals surface area contributed by atoms with Crippen LogP contribution in [-0.4, -0.2) is 55.3 Å². The number of guanidine groups is 1. The molecule has 1 aliphatic heterocycles. The first-order valence-electron chi connectivity index (χ1n) is 7.96. The first-order valence-corrected chi connectivity index (χ1v) is 10.3. The average Bonchev–Trinajstić information content (AvgIpc) is 3.03. The minimum absolute atomic E-state index is 0. The molecule has 0 aromatic heterocycles. The zero-order chi connectivity index (χ0) is 15.6. The topological polar surface area (TPSA) is 27.6 Å². The van der Waals surface area contributed by atoms with Gasteiger partial charge in [0.15, 0.2) is 5.96 Å². The molecule has 1 fully saturated rings. The van der Waals surface area contributed by atoms with Crippen LogP contribution in [0.15, 0.2) is 40.2 Å². The molecule has 2 rings (SSSR count). The number of aliphatic imine (C=N–C) groups is 1. The second kappa shape index (κ2) is 12.3. The van der Waals surface area contributed by atoms with Crippen LogP contribution >= 0.6 is 47.5 Å². The predicted octanol–water partition coefficient (Wildman–Crippen LogP) is 4.05. The van der Waals surface area contributed by atoms with E-state index in [2.05, 4.69) is 51.8 Å². The Kier molecular flexibility index (Phi) is 11.2. The smallest absolute Gasteiger partial charge is 0.193 e. The molecule has 1 atom stereocenters. The largest absolute Gasteiger partial charge is 0.356 e. The monoisotopic (exact) mass is 465 g/mol. The van der Waals surface area contributed by atoms with Gasteiger partial charge in [0.25, 0.3) is 0 Å². The Morgan fingerprint density at radius 3 is 2.83 bits per heavy atom. The van der Waals surface area contributed by atoms with Crippen molar-refractivity contribution in [3.8, 4) is 0 Å². The molecule has 0 bridgehead atoms. The molecule has 0 aliphatic carbocycles. The number of hydrogen-bond acceptors (Lipinski definition) is 3. The van der Waals surface area contributed by atoms with Crippen LogP contribution in [-0.2, 0) is 0 Å². The number of nitrogens with zero attached hydrogens (tertiary/aromatic N) is 2. The molecule has 6 heteroatoms. The minimum Gasteiger partial charge on any atom is -0.356 e. The van der Waals surface area contributed by atoms with E-state index in [1.807, 2.05) is 30.6 Å². The van der Waals surface area contributed by atoms with Crippen molar-refractivity contribution in [2.75, 3.05) is 44.4 Å². The summed E-state index contributed by atoms with van der Waals surface area (Å²) in [6.45, 7) is 3.28. The van der Waals surface area contributed by atoms with Crippen molar-refractivity contribution >= 4 is 53.5 Å². The predicted molar refractivity (Wildman–Crippen MR) is 117 cm³/mol. The third kappa shape index (κ3) is 7.56. The molecule has 0 radical (unpaired) electrons. The average molecular weight is 465 g/mol. The Hall–Kier alpha value is -0.0800. The second-order valence-corrected chi connectivity index (χ2v) is 7.62. The van der Waals surface area contributed by atoms with E-state index in [9.17, 15) is 0 Å². The molecule has 1 aromatic rings.